The van der Waals surface area contributed by atoms with Gasteiger partial charge in [-0.15, -0.1) is 0 Å². The zero-order valence-corrected chi connectivity index (χ0v) is 12.4. The lowest BCUT2D eigenvalue weighted by molar-refractivity contribution is 0.0517. The fourth-order valence-corrected chi connectivity index (χ4v) is 1.87. The minimum Gasteiger partial charge on any atom is -0.444 e. The summed E-state index contributed by atoms with van der Waals surface area (Å²) >= 11 is 0. The number of hydrogen-bond donors (Lipinski definition) is 2. The molecule has 18 heavy (non-hydrogen) atoms. The molecule has 0 bridgehead atoms. The minimum atomic E-state index is -0.432. The van der Waals surface area contributed by atoms with Gasteiger partial charge in [0.15, 0.2) is 0 Å². The number of carbonyl (C=O) groups is 1. The number of hydrogen-bond acceptors (Lipinski definition) is 3. The highest BCUT2D eigenvalue weighted by atomic mass is 16.6. The first-order chi connectivity index (χ1) is 8.28. The summed E-state index contributed by atoms with van der Waals surface area (Å²) in [6.45, 7) is 10.6. The predicted molar refractivity (Wildman–Crippen MR) is 73.6 cm³/mol. The molecule has 1 atom stereocenters. The highest BCUT2D eigenvalue weighted by Gasteiger charge is 2.24. The third-order valence-electron chi connectivity index (χ3n) is 3.22. The maximum absolute atomic E-state index is 11.6. The van der Waals surface area contributed by atoms with Crippen molar-refractivity contribution in [3.05, 3.63) is 0 Å². The molecule has 0 heterocycles. The van der Waals surface area contributed by atoms with E-state index in [4.69, 9.17) is 4.74 Å². The lowest BCUT2D eigenvalue weighted by atomic mass is 9.91. The molecule has 0 radical (unpaired) electrons. The molecule has 1 fully saturated rings. The van der Waals surface area contributed by atoms with Gasteiger partial charge in [0.05, 0.1) is 0 Å². The van der Waals surface area contributed by atoms with Crippen molar-refractivity contribution in [3.8, 4) is 0 Å². The van der Waals surface area contributed by atoms with Crippen LogP contribution in [0.2, 0.25) is 0 Å². The van der Waals surface area contributed by atoms with Gasteiger partial charge in [0, 0.05) is 18.6 Å². The molecule has 0 aromatic heterocycles. The van der Waals surface area contributed by atoms with Gasteiger partial charge in [-0.1, -0.05) is 20.3 Å². The van der Waals surface area contributed by atoms with Crippen molar-refractivity contribution >= 4 is 6.09 Å². The van der Waals surface area contributed by atoms with Gasteiger partial charge in [-0.3, -0.25) is 0 Å². The Kier molecular flexibility index (Phi) is 5.45. The average Bonchev–Trinajstić information content (AvgIpc) is 2.11. The standard InChI is InChI=1S/C14H28N2O2/c1-10(2)12(16-11-7-6-8-11)9-15-13(17)18-14(3,4)5/h10-12,16H,6-9H2,1-5H3,(H,15,17). The fraction of sp³-hybridized carbons (Fsp3) is 0.929. The van der Waals surface area contributed by atoms with Gasteiger partial charge >= 0.3 is 6.09 Å². The number of alkyl carbamates (subject to hydrolysis) is 1. The zero-order chi connectivity index (χ0) is 13.8. The van der Waals surface area contributed by atoms with E-state index < -0.39 is 5.60 Å². The largest absolute Gasteiger partial charge is 0.444 e. The molecule has 0 aromatic carbocycles. The lowest BCUT2D eigenvalue weighted by Crippen LogP contribution is -2.50. The molecule has 4 heteroatoms. The third kappa shape index (κ3) is 5.71. The molecule has 2 N–H and O–H groups in total. The highest BCUT2D eigenvalue weighted by molar-refractivity contribution is 5.67. The first kappa shape index (κ1) is 15.3. The number of rotatable bonds is 5. The molecule has 0 spiro atoms. The van der Waals surface area contributed by atoms with Crippen LogP contribution in [0, 0.1) is 5.92 Å². The molecule has 1 aliphatic rings. The first-order valence-corrected chi connectivity index (χ1v) is 7.01. The first-order valence-electron chi connectivity index (χ1n) is 7.01. The molecule has 0 aliphatic heterocycles. The Morgan fingerprint density at radius 2 is 1.94 bits per heavy atom. The van der Waals surface area contributed by atoms with Crippen LogP contribution >= 0.6 is 0 Å². The lowest BCUT2D eigenvalue weighted by Gasteiger charge is -2.33. The molecule has 106 valence electrons. The summed E-state index contributed by atoms with van der Waals surface area (Å²) in [4.78, 5) is 11.6. The molecule has 1 amide bonds. The van der Waals surface area contributed by atoms with Gasteiger partial charge in [-0.2, -0.15) is 0 Å². The van der Waals surface area contributed by atoms with Crippen LogP contribution in [0.4, 0.5) is 4.79 Å². The molecular weight excluding hydrogens is 228 g/mol. The molecule has 0 aromatic rings. The van der Waals surface area contributed by atoms with E-state index in [0.29, 0.717) is 24.5 Å². The van der Waals surface area contributed by atoms with Crippen molar-refractivity contribution in [3.63, 3.8) is 0 Å². The topological polar surface area (TPSA) is 50.4 Å². The van der Waals surface area contributed by atoms with Gasteiger partial charge in [-0.25, -0.2) is 4.79 Å². The second-order valence-electron chi connectivity index (χ2n) is 6.53. The van der Waals surface area contributed by atoms with E-state index >= 15 is 0 Å². The number of nitrogens with one attached hydrogen (secondary N) is 2. The maximum atomic E-state index is 11.6. The fourth-order valence-electron chi connectivity index (χ4n) is 1.87. The average molecular weight is 256 g/mol. The van der Waals surface area contributed by atoms with Crippen molar-refractivity contribution in [2.24, 2.45) is 5.92 Å². The van der Waals surface area contributed by atoms with Gasteiger partial charge in [-0.05, 0) is 39.5 Å². The summed E-state index contributed by atoms with van der Waals surface area (Å²) in [5.74, 6) is 0.500. The Morgan fingerprint density at radius 3 is 2.33 bits per heavy atom. The van der Waals surface area contributed by atoms with Crippen molar-refractivity contribution in [1.82, 2.24) is 10.6 Å². The summed E-state index contributed by atoms with van der Waals surface area (Å²) in [5.41, 5.74) is -0.432. The number of amides is 1. The van der Waals surface area contributed by atoms with Crippen molar-refractivity contribution in [2.45, 2.75) is 71.6 Å². The van der Waals surface area contributed by atoms with Crippen LogP contribution in [0.25, 0.3) is 0 Å². The minimum absolute atomic E-state index is 0.322. The molecule has 1 unspecified atom stereocenters. The van der Waals surface area contributed by atoms with E-state index in [2.05, 4.69) is 24.5 Å². The van der Waals surface area contributed by atoms with E-state index in [1.54, 1.807) is 0 Å². The second kappa shape index (κ2) is 6.41. The van der Waals surface area contributed by atoms with Crippen LogP contribution in [0.3, 0.4) is 0 Å². The van der Waals surface area contributed by atoms with Crippen molar-refractivity contribution < 1.29 is 9.53 Å². The van der Waals surface area contributed by atoms with Crippen LogP contribution in [-0.2, 0) is 4.74 Å². The molecule has 1 aliphatic carbocycles. The van der Waals surface area contributed by atoms with Gasteiger partial charge < -0.3 is 15.4 Å². The van der Waals surface area contributed by atoms with Crippen LogP contribution in [-0.4, -0.2) is 30.3 Å². The maximum Gasteiger partial charge on any atom is 0.407 e. The summed E-state index contributed by atoms with van der Waals surface area (Å²) in [6.07, 6.45) is 3.51. The van der Waals surface area contributed by atoms with Crippen LogP contribution in [0.1, 0.15) is 53.9 Å². The Labute approximate surface area is 111 Å². The van der Waals surface area contributed by atoms with E-state index in [1.807, 2.05) is 20.8 Å². The van der Waals surface area contributed by atoms with Crippen LogP contribution in [0.5, 0.6) is 0 Å². The monoisotopic (exact) mass is 256 g/mol. The predicted octanol–water partition coefficient (Wildman–Crippen LogP) is 2.68. The normalized spacial score (nSPS) is 18.3. The van der Waals surface area contributed by atoms with Gasteiger partial charge in [0.2, 0.25) is 0 Å². The van der Waals surface area contributed by atoms with Crippen molar-refractivity contribution in [1.29, 1.82) is 0 Å². The van der Waals surface area contributed by atoms with E-state index in [-0.39, 0.29) is 6.09 Å². The van der Waals surface area contributed by atoms with Gasteiger partial charge in [0.1, 0.15) is 5.60 Å². The quantitative estimate of drug-likeness (QED) is 0.795. The molecule has 4 nitrogen and oxygen atoms in total. The van der Waals surface area contributed by atoms with Gasteiger partial charge in [0.25, 0.3) is 0 Å². The second-order valence-corrected chi connectivity index (χ2v) is 6.53. The molecule has 0 saturated heterocycles. The SMILES string of the molecule is CC(C)C(CNC(=O)OC(C)(C)C)NC1CCC1. The molecule has 1 rings (SSSR count). The van der Waals surface area contributed by atoms with E-state index in [1.165, 1.54) is 19.3 Å². The molecular formula is C14H28N2O2. The Balaban J connectivity index is 2.30. The Hall–Kier alpha value is -0.770. The third-order valence-corrected chi connectivity index (χ3v) is 3.22. The zero-order valence-electron chi connectivity index (χ0n) is 12.4. The number of carbonyl (C=O) groups excluding carboxylic acids is 1. The van der Waals surface area contributed by atoms with Crippen molar-refractivity contribution in [2.75, 3.05) is 6.54 Å². The Morgan fingerprint density at radius 1 is 1.33 bits per heavy atom. The molecule has 1 saturated carbocycles. The Bertz CT molecular complexity index is 267. The summed E-state index contributed by atoms with van der Waals surface area (Å²) in [7, 11) is 0. The smallest absolute Gasteiger partial charge is 0.407 e. The van der Waals surface area contributed by atoms with E-state index in [9.17, 15) is 4.79 Å². The number of ether oxygens (including phenoxy) is 1. The van der Waals surface area contributed by atoms with Crippen LogP contribution < -0.4 is 10.6 Å². The highest BCUT2D eigenvalue weighted by Crippen LogP contribution is 2.19. The van der Waals surface area contributed by atoms with E-state index in [0.717, 1.165) is 0 Å². The summed E-state index contributed by atoms with van der Waals surface area (Å²) in [6, 6.07) is 0.959. The van der Waals surface area contributed by atoms with Crippen LogP contribution in [0.15, 0.2) is 0 Å². The summed E-state index contributed by atoms with van der Waals surface area (Å²) in [5, 5.41) is 6.45. The summed E-state index contributed by atoms with van der Waals surface area (Å²) < 4.78 is 5.24.